The minimum atomic E-state index is -0.795. The predicted octanol–water partition coefficient (Wildman–Crippen LogP) is 2.39. The van der Waals surface area contributed by atoms with Gasteiger partial charge in [0.1, 0.15) is 10.8 Å². The van der Waals surface area contributed by atoms with Gasteiger partial charge in [0.05, 0.1) is 16.7 Å². The molecule has 1 unspecified atom stereocenters. The first kappa shape index (κ1) is 15.6. The van der Waals surface area contributed by atoms with Crippen LogP contribution in [0, 0.1) is 17.2 Å². The van der Waals surface area contributed by atoms with Gasteiger partial charge in [-0.05, 0) is 25.0 Å². The fraction of sp³-hybridized carbons (Fsp3) is 0.400. The molecule has 112 valence electrons. The summed E-state index contributed by atoms with van der Waals surface area (Å²) in [5, 5.41) is 0. The van der Waals surface area contributed by atoms with Crippen molar-refractivity contribution in [2.24, 2.45) is 17.1 Å². The van der Waals surface area contributed by atoms with Crippen LogP contribution in [-0.2, 0) is 9.59 Å². The lowest BCUT2D eigenvalue weighted by Crippen LogP contribution is -2.38. The van der Waals surface area contributed by atoms with E-state index < -0.39 is 11.2 Å². The Morgan fingerprint density at radius 1 is 1.43 bits per heavy atom. The second-order valence-corrected chi connectivity index (χ2v) is 6.22. The number of nitrogens with zero attached hydrogens (tertiary/aromatic N) is 1. The van der Waals surface area contributed by atoms with E-state index in [0.29, 0.717) is 0 Å². The first-order valence-corrected chi connectivity index (χ1v) is 7.06. The van der Waals surface area contributed by atoms with Crippen molar-refractivity contribution >= 4 is 34.7 Å². The van der Waals surface area contributed by atoms with Crippen LogP contribution in [-0.4, -0.2) is 16.8 Å². The van der Waals surface area contributed by atoms with Gasteiger partial charge in [-0.15, -0.1) is 0 Å². The standard InChI is InChI=1S/C15H17FN2O2S/c1-8(2)15(3)7-11(19)18(14(15)20)10-6-4-5-9(16)12(10)13(17)21/h4-6,8H,7H2,1-3H3,(H2,17,21). The summed E-state index contributed by atoms with van der Waals surface area (Å²) in [4.78, 5) is 25.8. The summed E-state index contributed by atoms with van der Waals surface area (Å²) in [5.74, 6) is -1.36. The van der Waals surface area contributed by atoms with Gasteiger partial charge in [-0.25, -0.2) is 9.29 Å². The molecule has 0 saturated carbocycles. The Balaban J connectivity index is 2.59. The highest BCUT2D eigenvalue weighted by molar-refractivity contribution is 7.80. The highest BCUT2D eigenvalue weighted by Crippen LogP contribution is 2.42. The summed E-state index contributed by atoms with van der Waals surface area (Å²) < 4.78 is 13.9. The highest BCUT2D eigenvalue weighted by Gasteiger charge is 2.51. The number of carbonyl (C=O) groups is 2. The third-order valence-electron chi connectivity index (χ3n) is 4.21. The molecule has 1 aromatic rings. The highest BCUT2D eigenvalue weighted by atomic mass is 32.1. The Labute approximate surface area is 128 Å². The van der Waals surface area contributed by atoms with Crippen molar-refractivity contribution < 1.29 is 14.0 Å². The lowest BCUT2D eigenvalue weighted by Gasteiger charge is -2.26. The Hall–Kier alpha value is -1.82. The van der Waals surface area contributed by atoms with Crippen LogP contribution in [0.3, 0.4) is 0 Å². The molecule has 1 aliphatic heterocycles. The van der Waals surface area contributed by atoms with E-state index in [1.165, 1.54) is 18.2 Å². The van der Waals surface area contributed by atoms with Gasteiger partial charge < -0.3 is 5.73 Å². The van der Waals surface area contributed by atoms with Crippen molar-refractivity contribution in [3.05, 3.63) is 29.6 Å². The molecule has 6 heteroatoms. The number of rotatable bonds is 3. The molecule has 1 aromatic carbocycles. The van der Waals surface area contributed by atoms with Crippen molar-refractivity contribution in [1.29, 1.82) is 0 Å². The molecule has 1 atom stereocenters. The maximum Gasteiger partial charge on any atom is 0.240 e. The fourth-order valence-corrected chi connectivity index (χ4v) is 2.68. The van der Waals surface area contributed by atoms with Crippen molar-refractivity contribution in [3.63, 3.8) is 0 Å². The smallest absolute Gasteiger partial charge is 0.240 e. The maximum atomic E-state index is 13.9. The molecule has 0 bridgehead atoms. The number of carbonyl (C=O) groups excluding carboxylic acids is 2. The molecule has 1 aliphatic rings. The van der Waals surface area contributed by atoms with Crippen LogP contribution in [0.1, 0.15) is 32.8 Å². The molecular formula is C15H17FN2O2S. The number of thiocarbonyl (C=S) groups is 1. The zero-order valence-corrected chi connectivity index (χ0v) is 13.0. The van der Waals surface area contributed by atoms with Gasteiger partial charge in [0, 0.05) is 6.42 Å². The van der Waals surface area contributed by atoms with Gasteiger partial charge in [0.2, 0.25) is 11.8 Å². The summed E-state index contributed by atoms with van der Waals surface area (Å²) in [5.41, 5.74) is 4.81. The van der Waals surface area contributed by atoms with Crippen LogP contribution < -0.4 is 10.6 Å². The quantitative estimate of drug-likeness (QED) is 0.688. The topological polar surface area (TPSA) is 63.4 Å². The fourth-order valence-electron chi connectivity index (χ4n) is 2.48. The molecule has 0 spiro atoms. The summed E-state index contributed by atoms with van der Waals surface area (Å²) in [7, 11) is 0. The number of imide groups is 1. The molecule has 1 heterocycles. The number of amides is 2. The molecule has 2 amide bonds. The molecule has 2 N–H and O–H groups in total. The van der Waals surface area contributed by atoms with E-state index in [1.807, 2.05) is 13.8 Å². The molecule has 0 radical (unpaired) electrons. The molecule has 0 aliphatic carbocycles. The van der Waals surface area contributed by atoms with Gasteiger partial charge in [0.25, 0.3) is 0 Å². The minimum Gasteiger partial charge on any atom is -0.389 e. The van der Waals surface area contributed by atoms with Crippen LogP contribution >= 0.6 is 12.2 Å². The normalized spacial score (nSPS) is 22.2. The lowest BCUT2D eigenvalue weighted by atomic mass is 9.78. The Bertz CT molecular complexity index is 645. The molecule has 1 fully saturated rings. The first-order valence-electron chi connectivity index (χ1n) is 6.66. The lowest BCUT2D eigenvalue weighted by molar-refractivity contribution is -0.126. The van der Waals surface area contributed by atoms with E-state index in [1.54, 1.807) is 6.92 Å². The summed E-state index contributed by atoms with van der Waals surface area (Å²) >= 11 is 4.85. The molecule has 2 rings (SSSR count). The molecule has 21 heavy (non-hydrogen) atoms. The predicted molar refractivity (Wildman–Crippen MR) is 82.3 cm³/mol. The zero-order valence-electron chi connectivity index (χ0n) is 12.1. The van der Waals surface area contributed by atoms with Crippen LogP contribution in [0.2, 0.25) is 0 Å². The zero-order chi connectivity index (χ0) is 15.9. The third kappa shape index (κ3) is 2.33. The number of halogens is 1. The summed E-state index contributed by atoms with van der Waals surface area (Å²) in [6, 6.07) is 4.11. The second kappa shape index (κ2) is 5.18. The van der Waals surface area contributed by atoms with Gasteiger partial charge in [-0.1, -0.05) is 32.1 Å². The largest absolute Gasteiger partial charge is 0.389 e. The van der Waals surface area contributed by atoms with Crippen LogP contribution in [0.4, 0.5) is 10.1 Å². The van der Waals surface area contributed by atoms with E-state index in [2.05, 4.69) is 0 Å². The van der Waals surface area contributed by atoms with E-state index in [4.69, 9.17) is 18.0 Å². The molecular weight excluding hydrogens is 291 g/mol. The Kier molecular flexibility index (Phi) is 3.84. The molecule has 1 saturated heterocycles. The average Bonchev–Trinajstić information content (AvgIpc) is 2.60. The number of nitrogens with two attached hydrogens (primary N) is 1. The molecule has 4 nitrogen and oxygen atoms in total. The van der Waals surface area contributed by atoms with E-state index in [0.717, 1.165) is 4.90 Å². The number of benzene rings is 1. The number of hydrogen-bond acceptors (Lipinski definition) is 3. The van der Waals surface area contributed by atoms with E-state index >= 15 is 0 Å². The summed E-state index contributed by atoms with van der Waals surface area (Å²) in [6.45, 7) is 5.51. The monoisotopic (exact) mass is 308 g/mol. The van der Waals surface area contributed by atoms with Crippen LogP contribution in [0.5, 0.6) is 0 Å². The Morgan fingerprint density at radius 2 is 2.05 bits per heavy atom. The second-order valence-electron chi connectivity index (χ2n) is 5.78. The van der Waals surface area contributed by atoms with Gasteiger partial charge in [-0.3, -0.25) is 9.59 Å². The number of hydrogen-bond donors (Lipinski definition) is 1. The SMILES string of the molecule is CC(C)C1(C)CC(=O)N(c2cccc(F)c2C(N)=S)C1=O. The average molecular weight is 308 g/mol. The van der Waals surface area contributed by atoms with Gasteiger partial charge in [-0.2, -0.15) is 0 Å². The minimum absolute atomic E-state index is 0.0132. The molecule has 0 aromatic heterocycles. The Morgan fingerprint density at radius 3 is 2.52 bits per heavy atom. The van der Waals surface area contributed by atoms with Crippen molar-refractivity contribution in [3.8, 4) is 0 Å². The van der Waals surface area contributed by atoms with E-state index in [-0.39, 0.29) is 40.4 Å². The van der Waals surface area contributed by atoms with Crippen molar-refractivity contribution in [2.45, 2.75) is 27.2 Å². The van der Waals surface area contributed by atoms with Crippen molar-refractivity contribution in [1.82, 2.24) is 0 Å². The first-order chi connectivity index (χ1) is 9.70. The van der Waals surface area contributed by atoms with Gasteiger partial charge >= 0.3 is 0 Å². The third-order valence-corrected chi connectivity index (χ3v) is 4.42. The maximum absolute atomic E-state index is 13.9. The summed E-state index contributed by atoms with van der Waals surface area (Å²) in [6.07, 6.45) is 0.0940. The van der Waals surface area contributed by atoms with E-state index in [9.17, 15) is 14.0 Å². The van der Waals surface area contributed by atoms with Gasteiger partial charge in [0.15, 0.2) is 0 Å². The van der Waals surface area contributed by atoms with Crippen LogP contribution in [0.15, 0.2) is 18.2 Å². The number of anilines is 1. The van der Waals surface area contributed by atoms with Crippen LogP contribution in [0.25, 0.3) is 0 Å². The van der Waals surface area contributed by atoms with Crippen molar-refractivity contribution in [2.75, 3.05) is 4.90 Å².